The van der Waals surface area contributed by atoms with Gasteiger partial charge in [-0.05, 0) is 67.3 Å². The molecule has 0 fully saturated rings. The van der Waals surface area contributed by atoms with E-state index in [0.717, 1.165) is 17.1 Å². The van der Waals surface area contributed by atoms with E-state index in [0.29, 0.717) is 0 Å². The smallest absolute Gasteiger partial charge is 0.0762 e. The number of allylic oxidation sites excluding steroid dienone is 2. The predicted molar refractivity (Wildman–Crippen MR) is 107 cm³/mol. The van der Waals surface area contributed by atoms with Crippen LogP contribution in [0.3, 0.4) is 0 Å². The van der Waals surface area contributed by atoms with E-state index in [1.54, 1.807) is 0 Å². The number of fused-ring (bicyclic) bond motifs is 1. The van der Waals surface area contributed by atoms with Crippen LogP contribution in [0, 0.1) is 13.8 Å². The van der Waals surface area contributed by atoms with Crippen LogP contribution in [0.1, 0.15) is 36.4 Å². The lowest BCUT2D eigenvalue weighted by Gasteiger charge is -2.14. The van der Waals surface area contributed by atoms with Crippen LogP contribution >= 0.6 is 0 Å². The molecule has 0 amide bonds. The summed E-state index contributed by atoms with van der Waals surface area (Å²) in [5, 5.41) is 2.51. The van der Waals surface area contributed by atoms with Crippen molar-refractivity contribution in [1.29, 1.82) is 0 Å². The van der Waals surface area contributed by atoms with Crippen molar-refractivity contribution in [2.24, 2.45) is 4.99 Å². The highest BCUT2D eigenvalue weighted by atomic mass is 14.8. The van der Waals surface area contributed by atoms with Crippen LogP contribution in [0.4, 0.5) is 0 Å². The molecule has 2 aromatic carbocycles. The second-order valence-corrected chi connectivity index (χ2v) is 6.84. The largest absolute Gasteiger partial charge is 0.358 e. The Labute approximate surface area is 148 Å². The first-order chi connectivity index (χ1) is 12.0. The van der Waals surface area contributed by atoms with E-state index >= 15 is 0 Å². The van der Waals surface area contributed by atoms with Gasteiger partial charge in [-0.1, -0.05) is 42.5 Å². The molecule has 124 valence electrons. The normalized spacial score (nSPS) is 16.2. The summed E-state index contributed by atoms with van der Waals surface area (Å²) < 4.78 is 0. The number of hydrogen-bond acceptors (Lipinski definition) is 1. The summed E-state index contributed by atoms with van der Waals surface area (Å²) in [6.07, 6.45) is 2.16. The molecule has 0 atom stereocenters. The molecule has 0 saturated carbocycles. The van der Waals surface area contributed by atoms with Gasteiger partial charge in [-0.25, -0.2) is 0 Å². The number of H-pyrrole nitrogens is 1. The first-order valence-corrected chi connectivity index (χ1v) is 8.67. The van der Waals surface area contributed by atoms with Crippen LogP contribution in [-0.2, 0) is 0 Å². The number of aromatic nitrogens is 1. The molecule has 25 heavy (non-hydrogen) atoms. The Morgan fingerprint density at radius 1 is 0.920 bits per heavy atom. The van der Waals surface area contributed by atoms with Crippen molar-refractivity contribution in [2.45, 2.75) is 27.7 Å². The zero-order chi connectivity index (χ0) is 17.6. The summed E-state index contributed by atoms with van der Waals surface area (Å²) in [4.78, 5) is 8.43. The maximum absolute atomic E-state index is 4.86. The van der Waals surface area contributed by atoms with E-state index in [1.807, 2.05) is 0 Å². The van der Waals surface area contributed by atoms with Crippen LogP contribution in [0.15, 0.2) is 70.9 Å². The van der Waals surface area contributed by atoms with Gasteiger partial charge in [0.15, 0.2) is 0 Å². The third-order valence-corrected chi connectivity index (χ3v) is 4.78. The number of nitrogens with zero attached hydrogens (tertiary/aromatic N) is 1. The molecule has 0 unspecified atom stereocenters. The first kappa shape index (κ1) is 15.6. The molecule has 2 heteroatoms. The zero-order valence-electron chi connectivity index (χ0n) is 15.1. The lowest BCUT2D eigenvalue weighted by Crippen LogP contribution is -1.97. The standard InChI is InChI=1S/C23H22N2/c1-14-12-16(3)24-22(14)21(23-15(2)13-17(4)25-23)20-11-7-9-18-8-5-6-10-19(18)20/h5-13,24H,1-4H3. The van der Waals surface area contributed by atoms with Gasteiger partial charge in [-0.15, -0.1) is 0 Å². The second kappa shape index (κ2) is 5.89. The minimum Gasteiger partial charge on any atom is -0.358 e. The molecule has 0 bridgehead atoms. The monoisotopic (exact) mass is 326 g/mol. The molecule has 1 N–H and O–H groups in total. The summed E-state index contributed by atoms with van der Waals surface area (Å²) in [7, 11) is 0. The Morgan fingerprint density at radius 2 is 1.68 bits per heavy atom. The third-order valence-electron chi connectivity index (χ3n) is 4.78. The molecule has 0 spiro atoms. The van der Waals surface area contributed by atoms with Gasteiger partial charge in [0.25, 0.3) is 0 Å². The van der Waals surface area contributed by atoms with Gasteiger partial charge in [0.05, 0.1) is 11.4 Å². The average Bonchev–Trinajstić information content (AvgIpc) is 3.09. The topological polar surface area (TPSA) is 28.1 Å². The third kappa shape index (κ3) is 2.64. The fourth-order valence-corrected chi connectivity index (χ4v) is 3.74. The zero-order valence-corrected chi connectivity index (χ0v) is 15.1. The highest BCUT2D eigenvalue weighted by Crippen LogP contribution is 2.37. The Kier molecular flexibility index (Phi) is 3.69. The number of rotatable bonds is 2. The number of aliphatic imine (C=N–C) groups is 1. The van der Waals surface area contributed by atoms with E-state index in [2.05, 4.69) is 87.3 Å². The van der Waals surface area contributed by atoms with Crippen molar-refractivity contribution < 1.29 is 0 Å². The van der Waals surface area contributed by atoms with E-state index in [-0.39, 0.29) is 0 Å². The molecule has 3 aromatic rings. The number of nitrogens with one attached hydrogen (secondary N) is 1. The molecule has 4 rings (SSSR count). The molecule has 1 aliphatic rings. The lowest BCUT2D eigenvalue weighted by atomic mass is 9.92. The first-order valence-electron chi connectivity index (χ1n) is 8.67. The quantitative estimate of drug-likeness (QED) is 0.601. The SMILES string of the molecule is CC1=CC(C)=NC1=C(c1[nH]c(C)cc1C)c1cccc2ccccc12. The Morgan fingerprint density at radius 3 is 2.36 bits per heavy atom. The fourth-order valence-electron chi connectivity index (χ4n) is 3.74. The van der Waals surface area contributed by atoms with Crippen LogP contribution in [0.5, 0.6) is 0 Å². The summed E-state index contributed by atoms with van der Waals surface area (Å²) in [5.74, 6) is 0. The lowest BCUT2D eigenvalue weighted by molar-refractivity contribution is 1.21. The predicted octanol–water partition coefficient (Wildman–Crippen LogP) is 5.96. The Bertz CT molecular complexity index is 1070. The number of aryl methyl sites for hydroxylation is 2. The molecule has 1 aromatic heterocycles. The van der Waals surface area contributed by atoms with Gasteiger partial charge in [-0.2, -0.15) is 0 Å². The van der Waals surface area contributed by atoms with Crippen LogP contribution < -0.4 is 0 Å². The van der Waals surface area contributed by atoms with Crippen molar-refractivity contribution in [2.75, 3.05) is 0 Å². The highest BCUT2D eigenvalue weighted by Gasteiger charge is 2.21. The van der Waals surface area contributed by atoms with Crippen LogP contribution in [0.2, 0.25) is 0 Å². The molecule has 1 aliphatic heterocycles. The second-order valence-electron chi connectivity index (χ2n) is 6.84. The van der Waals surface area contributed by atoms with Gasteiger partial charge >= 0.3 is 0 Å². The maximum Gasteiger partial charge on any atom is 0.0762 e. The van der Waals surface area contributed by atoms with Gasteiger partial charge in [0, 0.05) is 17.0 Å². The van der Waals surface area contributed by atoms with Crippen molar-refractivity contribution in [3.63, 3.8) is 0 Å². The molecule has 2 nitrogen and oxygen atoms in total. The van der Waals surface area contributed by atoms with Crippen LogP contribution in [0.25, 0.3) is 16.3 Å². The maximum atomic E-state index is 4.86. The van der Waals surface area contributed by atoms with E-state index in [9.17, 15) is 0 Å². The number of benzene rings is 2. The summed E-state index contributed by atoms with van der Waals surface area (Å²) >= 11 is 0. The van der Waals surface area contributed by atoms with E-state index < -0.39 is 0 Å². The van der Waals surface area contributed by atoms with Crippen molar-refractivity contribution >= 4 is 22.1 Å². The number of hydrogen-bond donors (Lipinski definition) is 1. The molecule has 0 saturated heterocycles. The summed E-state index contributed by atoms with van der Waals surface area (Å²) in [6.45, 7) is 8.47. The molecular weight excluding hydrogens is 304 g/mol. The highest BCUT2D eigenvalue weighted by molar-refractivity contribution is 6.04. The average molecular weight is 326 g/mol. The van der Waals surface area contributed by atoms with E-state index in [1.165, 1.54) is 38.7 Å². The molecule has 2 heterocycles. The summed E-state index contributed by atoms with van der Waals surface area (Å²) in [6, 6.07) is 17.3. The molecule has 0 radical (unpaired) electrons. The van der Waals surface area contributed by atoms with Crippen molar-refractivity contribution in [3.05, 3.63) is 88.4 Å². The van der Waals surface area contributed by atoms with Crippen molar-refractivity contribution in [1.82, 2.24) is 4.98 Å². The minimum absolute atomic E-state index is 1.06. The van der Waals surface area contributed by atoms with Gasteiger partial charge in [0.2, 0.25) is 0 Å². The van der Waals surface area contributed by atoms with Crippen molar-refractivity contribution in [3.8, 4) is 0 Å². The fraction of sp³-hybridized carbons (Fsp3) is 0.174. The van der Waals surface area contributed by atoms with Gasteiger partial charge in [-0.3, -0.25) is 4.99 Å². The Hall–Kier alpha value is -2.87. The van der Waals surface area contributed by atoms with Gasteiger partial charge in [0.1, 0.15) is 0 Å². The summed E-state index contributed by atoms with van der Waals surface area (Å²) in [5.41, 5.74) is 9.34. The van der Waals surface area contributed by atoms with Gasteiger partial charge < -0.3 is 4.98 Å². The Balaban J connectivity index is 2.11. The number of aromatic amines is 1. The molecular formula is C23H22N2. The molecule has 0 aliphatic carbocycles. The van der Waals surface area contributed by atoms with E-state index in [4.69, 9.17) is 4.99 Å². The minimum atomic E-state index is 1.06. The van der Waals surface area contributed by atoms with Crippen LogP contribution in [-0.4, -0.2) is 10.7 Å².